The maximum absolute atomic E-state index is 13.8. The van der Waals surface area contributed by atoms with E-state index in [0.29, 0.717) is 23.4 Å². The Morgan fingerprint density at radius 2 is 1.79 bits per heavy atom. The smallest absolute Gasteiger partial charge is 0.140 e. The van der Waals surface area contributed by atoms with E-state index in [9.17, 15) is 9.18 Å². The van der Waals surface area contributed by atoms with Crippen molar-refractivity contribution in [3.8, 4) is 5.75 Å². The van der Waals surface area contributed by atoms with Crippen LogP contribution >= 0.6 is 0 Å². The molecule has 2 aromatic carbocycles. The molecule has 2 aliphatic heterocycles. The van der Waals surface area contributed by atoms with Crippen molar-refractivity contribution in [3.63, 3.8) is 0 Å². The average molecular weight is 381 g/mol. The van der Waals surface area contributed by atoms with Crippen molar-refractivity contribution in [2.24, 2.45) is 5.92 Å². The molecule has 0 saturated carbocycles. The summed E-state index contributed by atoms with van der Waals surface area (Å²) in [6.07, 6.45) is 5.73. The molecule has 3 nitrogen and oxygen atoms in total. The molecule has 2 unspecified atom stereocenters. The molecule has 2 heterocycles. The van der Waals surface area contributed by atoms with Gasteiger partial charge in [0, 0.05) is 37.0 Å². The number of hydrogen-bond acceptors (Lipinski definition) is 3. The number of carbonyl (C=O) groups is 1. The Labute approximate surface area is 166 Å². The van der Waals surface area contributed by atoms with E-state index < -0.39 is 0 Å². The zero-order valence-electron chi connectivity index (χ0n) is 16.4. The quantitative estimate of drug-likeness (QED) is 0.721. The molecule has 2 bridgehead atoms. The van der Waals surface area contributed by atoms with Crippen molar-refractivity contribution in [2.75, 3.05) is 7.11 Å². The molecule has 0 spiro atoms. The Morgan fingerprint density at radius 1 is 1.07 bits per heavy atom. The van der Waals surface area contributed by atoms with Gasteiger partial charge in [-0.05, 0) is 48.9 Å². The lowest BCUT2D eigenvalue weighted by Gasteiger charge is -2.48. The minimum atomic E-state index is -0.350. The molecule has 0 aliphatic carbocycles. The predicted molar refractivity (Wildman–Crippen MR) is 108 cm³/mol. The second-order valence-electron chi connectivity index (χ2n) is 8.21. The number of Topliss-reactive ketones (excluding diaryl/α,β-unsaturated/α-hetero) is 1. The van der Waals surface area contributed by atoms with Crippen molar-refractivity contribution >= 4 is 5.78 Å². The van der Waals surface area contributed by atoms with E-state index in [1.165, 1.54) is 44.1 Å². The number of methoxy groups -OCH3 is 1. The third kappa shape index (κ3) is 4.27. The summed E-state index contributed by atoms with van der Waals surface area (Å²) < 4.78 is 18.9. The van der Waals surface area contributed by atoms with Gasteiger partial charge in [-0.1, -0.05) is 36.8 Å². The van der Waals surface area contributed by atoms with Crippen LogP contribution in [0.5, 0.6) is 5.75 Å². The van der Waals surface area contributed by atoms with Crippen LogP contribution in [0, 0.1) is 11.7 Å². The molecule has 0 radical (unpaired) electrons. The number of ketones is 1. The first kappa shape index (κ1) is 19.1. The molecule has 2 saturated heterocycles. The van der Waals surface area contributed by atoms with E-state index in [1.54, 1.807) is 6.07 Å². The van der Waals surface area contributed by atoms with Gasteiger partial charge in [-0.15, -0.1) is 0 Å². The van der Waals surface area contributed by atoms with Crippen LogP contribution in [-0.2, 0) is 17.8 Å². The van der Waals surface area contributed by atoms with E-state index in [-0.39, 0.29) is 23.9 Å². The summed E-state index contributed by atoms with van der Waals surface area (Å²) in [5.74, 6) is 0.439. The highest BCUT2D eigenvalue weighted by Crippen LogP contribution is 2.38. The number of hydrogen-bond donors (Lipinski definition) is 0. The first-order chi connectivity index (χ1) is 13.6. The Bertz CT molecular complexity index is 809. The van der Waals surface area contributed by atoms with Crippen molar-refractivity contribution in [1.82, 2.24) is 4.90 Å². The fourth-order valence-electron chi connectivity index (χ4n) is 4.98. The topological polar surface area (TPSA) is 29.5 Å². The largest absolute Gasteiger partial charge is 0.497 e. The SMILES string of the molecule is COc1cc(F)cc(CC(=O)C2CC3CCCC(C2)N3Cc2ccccc2)c1. The molecular formula is C24H28FNO2. The first-order valence-electron chi connectivity index (χ1n) is 10.3. The Morgan fingerprint density at radius 3 is 2.46 bits per heavy atom. The second-order valence-corrected chi connectivity index (χ2v) is 8.21. The zero-order valence-corrected chi connectivity index (χ0v) is 16.4. The van der Waals surface area contributed by atoms with Crippen molar-refractivity contribution < 1.29 is 13.9 Å². The van der Waals surface area contributed by atoms with E-state index in [4.69, 9.17) is 4.74 Å². The summed E-state index contributed by atoms with van der Waals surface area (Å²) in [5, 5.41) is 0. The monoisotopic (exact) mass is 381 g/mol. The number of fused-ring (bicyclic) bond motifs is 2. The van der Waals surface area contributed by atoms with Crippen LogP contribution in [0.4, 0.5) is 4.39 Å². The normalized spacial score (nSPS) is 24.7. The fraction of sp³-hybridized carbons (Fsp3) is 0.458. The predicted octanol–water partition coefficient (Wildman–Crippen LogP) is 4.78. The first-order valence-corrected chi connectivity index (χ1v) is 10.3. The molecule has 0 N–H and O–H groups in total. The summed E-state index contributed by atoms with van der Waals surface area (Å²) in [7, 11) is 1.52. The van der Waals surface area contributed by atoms with Gasteiger partial charge in [0.2, 0.25) is 0 Å². The van der Waals surface area contributed by atoms with Gasteiger partial charge in [-0.3, -0.25) is 9.69 Å². The highest BCUT2D eigenvalue weighted by atomic mass is 19.1. The van der Waals surface area contributed by atoms with E-state index in [0.717, 1.165) is 19.4 Å². The maximum Gasteiger partial charge on any atom is 0.140 e. The number of halogens is 1. The Kier molecular flexibility index (Phi) is 5.77. The van der Waals surface area contributed by atoms with E-state index >= 15 is 0 Å². The summed E-state index contributed by atoms with van der Waals surface area (Å²) in [5.41, 5.74) is 2.05. The summed E-state index contributed by atoms with van der Waals surface area (Å²) in [4.78, 5) is 15.6. The van der Waals surface area contributed by atoms with Crippen molar-refractivity contribution in [1.29, 1.82) is 0 Å². The lowest BCUT2D eigenvalue weighted by atomic mass is 9.75. The highest BCUT2D eigenvalue weighted by molar-refractivity contribution is 5.83. The van der Waals surface area contributed by atoms with Gasteiger partial charge in [-0.2, -0.15) is 0 Å². The van der Waals surface area contributed by atoms with Crippen LogP contribution < -0.4 is 4.74 Å². The number of carbonyl (C=O) groups excluding carboxylic acids is 1. The van der Waals surface area contributed by atoms with E-state index in [2.05, 4.69) is 35.2 Å². The molecule has 0 aromatic heterocycles. The molecule has 148 valence electrons. The molecular weight excluding hydrogens is 353 g/mol. The van der Waals surface area contributed by atoms with Crippen LogP contribution in [0.15, 0.2) is 48.5 Å². The third-order valence-electron chi connectivity index (χ3n) is 6.33. The summed E-state index contributed by atoms with van der Waals surface area (Å²) in [6, 6.07) is 16.1. The van der Waals surface area contributed by atoms with Crippen LogP contribution in [0.2, 0.25) is 0 Å². The van der Waals surface area contributed by atoms with Gasteiger partial charge in [0.15, 0.2) is 0 Å². The van der Waals surface area contributed by atoms with Gasteiger partial charge < -0.3 is 4.74 Å². The molecule has 4 heteroatoms. The number of ether oxygens (including phenoxy) is 1. The zero-order chi connectivity index (χ0) is 19.5. The third-order valence-corrected chi connectivity index (χ3v) is 6.33. The highest BCUT2D eigenvalue weighted by Gasteiger charge is 2.40. The lowest BCUT2D eigenvalue weighted by molar-refractivity contribution is -0.126. The van der Waals surface area contributed by atoms with Gasteiger partial charge in [0.05, 0.1) is 7.11 Å². The lowest BCUT2D eigenvalue weighted by Crippen LogP contribution is -2.52. The Balaban J connectivity index is 1.43. The van der Waals surface area contributed by atoms with Gasteiger partial charge in [0.1, 0.15) is 17.3 Å². The van der Waals surface area contributed by atoms with E-state index in [1.807, 2.05) is 0 Å². The Hall–Kier alpha value is -2.20. The number of rotatable bonds is 6. The van der Waals surface area contributed by atoms with Crippen molar-refractivity contribution in [3.05, 3.63) is 65.5 Å². The fourth-order valence-corrected chi connectivity index (χ4v) is 4.98. The van der Waals surface area contributed by atoms with Crippen LogP contribution in [0.25, 0.3) is 0 Å². The van der Waals surface area contributed by atoms with Gasteiger partial charge in [0.25, 0.3) is 0 Å². The van der Waals surface area contributed by atoms with Crippen LogP contribution in [0.3, 0.4) is 0 Å². The number of nitrogens with zero attached hydrogens (tertiary/aromatic N) is 1. The molecule has 2 aliphatic rings. The van der Waals surface area contributed by atoms with Crippen LogP contribution in [0.1, 0.15) is 43.2 Å². The number of piperidine rings is 2. The second kappa shape index (κ2) is 8.44. The molecule has 4 rings (SSSR count). The number of benzene rings is 2. The van der Waals surface area contributed by atoms with Crippen molar-refractivity contribution in [2.45, 2.75) is 57.2 Å². The summed E-state index contributed by atoms with van der Waals surface area (Å²) in [6.45, 7) is 0.970. The minimum Gasteiger partial charge on any atom is -0.497 e. The molecule has 2 atom stereocenters. The average Bonchev–Trinajstić information content (AvgIpc) is 2.68. The maximum atomic E-state index is 13.8. The minimum absolute atomic E-state index is 0.0802. The molecule has 2 fully saturated rings. The van der Waals surface area contributed by atoms with Gasteiger partial charge in [-0.25, -0.2) is 4.39 Å². The van der Waals surface area contributed by atoms with Crippen LogP contribution in [-0.4, -0.2) is 29.9 Å². The molecule has 28 heavy (non-hydrogen) atoms. The molecule has 0 amide bonds. The van der Waals surface area contributed by atoms with Gasteiger partial charge >= 0.3 is 0 Å². The molecule has 2 aromatic rings. The summed E-state index contributed by atoms with van der Waals surface area (Å²) >= 11 is 0. The standard InChI is InChI=1S/C24H28FNO2/c1-28-23-11-18(10-20(25)15-23)12-24(27)19-13-21-8-5-9-22(14-19)26(21)16-17-6-3-2-4-7-17/h2-4,6-7,10-11,15,19,21-22H,5,8-9,12-14,16H2,1H3.